The Hall–Kier alpha value is -2.74. The van der Waals surface area contributed by atoms with Crippen LogP contribution < -0.4 is 0 Å². The maximum atomic E-state index is 8.39. The van der Waals surface area contributed by atoms with Crippen molar-refractivity contribution in [2.75, 3.05) is 92.5 Å². The van der Waals surface area contributed by atoms with Crippen LogP contribution in [0, 0.1) is 0 Å². The van der Waals surface area contributed by atoms with E-state index in [9.17, 15) is 0 Å². The molecule has 10 heteroatoms. The van der Waals surface area contributed by atoms with Gasteiger partial charge in [-0.1, -0.05) is 72.8 Å². The molecule has 3 aliphatic carbocycles. The third kappa shape index (κ3) is 8.34. The van der Waals surface area contributed by atoms with E-state index < -0.39 is 10.8 Å². The van der Waals surface area contributed by atoms with Crippen molar-refractivity contribution in [2.45, 2.75) is 36.5 Å². The molecular formula is C38H50O10. The number of benzene rings is 3. The molecule has 0 aliphatic heterocycles. The van der Waals surface area contributed by atoms with Crippen molar-refractivity contribution >= 4 is 0 Å². The van der Waals surface area contributed by atoms with Crippen LogP contribution in [0.3, 0.4) is 0 Å². The number of ether oxygens (including phenoxy) is 6. The Kier molecular flexibility index (Phi) is 14.8. The van der Waals surface area contributed by atoms with Gasteiger partial charge in [-0.15, -0.1) is 0 Å². The highest BCUT2D eigenvalue weighted by atomic mass is 17.1. The molecule has 0 unspecified atom stereocenters. The summed E-state index contributed by atoms with van der Waals surface area (Å²) in [6, 6.07) is 26.2. The highest BCUT2D eigenvalue weighted by Gasteiger charge is 2.58. The van der Waals surface area contributed by atoms with Crippen LogP contribution >= 0.6 is 0 Å². The summed E-state index contributed by atoms with van der Waals surface area (Å²) >= 11 is 0. The van der Waals surface area contributed by atoms with Crippen LogP contribution in [-0.4, -0.2) is 103 Å². The molecule has 3 aromatic rings. The molecule has 0 spiro atoms. The van der Waals surface area contributed by atoms with Gasteiger partial charge in [0.05, 0.1) is 90.1 Å². The highest BCUT2D eigenvalue weighted by molar-refractivity contribution is 5.75. The van der Waals surface area contributed by atoms with Crippen molar-refractivity contribution in [3.63, 3.8) is 0 Å². The van der Waals surface area contributed by atoms with Gasteiger partial charge in [0.25, 0.3) is 0 Å². The molecule has 2 N–H and O–H groups in total. The molecule has 0 saturated heterocycles. The lowest BCUT2D eigenvalue weighted by atomic mass is 9.47. The van der Waals surface area contributed by atoms with E-state index >= 15 is 0 Å². The van der Waals surface area contributed by atoms with Crippen LogP contribution in [0.2, 0.25) is 0 Å². The molecule has 0 heterocycles. The van der Waals surface area contributed by atoms with Crippen LogP contribution in [-0.2, 0) is 49.0 Å². The van der Waals surface area contributed by atoms with Crippen molar-refractivity contribution < 1.29 is 48.7 Å². The number of unbranched alkanes of at least 4 members (excludes halogenated alkanes) is 2. The Morgan fingerprint density at radius 3 is 0.875 bits per heavy atom. The molecule has 0 saturated carbocycles. The molecule has 0 aromatic heterocycles. The molecule has 3 aliphatic rings. The summed E-state index contributed by atoms with van der Waals surface area (Å²) < 4.78 is 35.7. The molecule has 2 bridgehead atoms. The lowest BCUT2D eigenvalue weighted by molar-refractivity contribution is -0.243. The van der Waals surface area contributed by atoms with E-state index in [0.717, 1.165) is 25.7 Å². The summed E-state index contributed by atoms with van der Waals surface area (Å²) in [4.78, 5) is 8.16. The highest BCUT2D eigenvalue weighted by Crippen LogP contribution is 2.61. The van der Waals surface area contributed by atoms with Gasteiger partial charge in [-0.3, -0.25) is 10.5 Å². The lowest BCUT2D eigenvalue weighted by Crippen LogP contribution is -2.54. The van der Waals surface area contributed by atoms with Gasteiger partial charge in [0.2, 0.25) is 0 Å². The fourth-order valence-corrected chi connectivity index (χ4v) is 7.09. The predicted octanol–water partition coefficient (Wildman–Crippen LogP) is 5.62. The lowest BCUT2D eigenvalue weighted by Gasteiger charge is -2.56. The maximum Gasteiger partial charge on any atom is 0.0820 e. The first-order chi connectivity index (χ1) is 23.8. The number of hydrogen-bond acceptors (Lipinski definition) is 10. The van der Waals surface area contributed by atoms with Gasteiger partial charge in [0.1, 0.15) is 0 Å². The second kappa shape index (κ2) is 19.4. The molecule has 0 fully saturated rings. The summed E-state index contributed by atoms with van der Waals surface area (Å²) in [6.07, 6.45) is 3.18. The molecule has 0 amide bonds. The summed E-state index contributed by atoms with van der Waals surface area (Å²) in [5.74, 6) is 0. The molecule has 262 valence electrons. The van der Waals surface area contributed by atoms with Crippen LogP contribution in [0.15, 0.2) is 72.8 Å². The predicted molar refractivity (Wildman–Crippen MR) is 180 cm³/mol. The minimum atomic E-state index is -0.457. The average Bonchev–Trinajstić information content (AvgIpc) is 3.13. The van der Waals surface area contributed by atoms with E-state index in [1.807, 2.05) is 0 Å². The maximum absolute atomic E-state index is 8.39. The fraction of sp³-hybridized carbons (Fsp3) is 0.526. The Morgan fingerprint density at radius 1 is 0.333 bits per heavy atom. The molecule has 0 atom stereocenters. The fourth-order valence-electron chi connectivity index (χ4n) is 7.09. The van der Waals surface area contributed by atoms with E-state index in [1.54, 1.807) is 0 Å². The van der Waals surface area contributed by atoms with E-state index in [-0.39, 0.29) is 0 Å². The van der Waals surface area contributed by atoms with Gasteiger partial charge in [0, 0.05) is 13.2 Å². The van der Waals surface area contributed by atoms with Crippen molar-refractivity contribution in [2.24, 2.45) is 0 Å². The Morgan fingerprint density at radius 2 is 0.583 bits per heavy atom. The van der Waals surface area contributed by atoms with Gasteiger partial charge in [-0.05, 0) is 59.1 Å². The van der Waals surface area contributed by atoms with Crippen LogP contribution in [0.25, 0.3) is 0 Å². The zero-order valence-corrected chi connectivity index (χ0v) is 27.8. The molecule has 3 aromatic carbocycles. The minimum Gasteiger partial charge on any atom is -0.379 e. The standard InChI is InChI=1S/C38H50O10/c39-47-19-9-7-17-41-21-23-43-25-27-45-29-37-31-11-1-2-12-32(31)38(35-15-5-3-13-33(35)37,36-16-6-4-14-34(36)37)30-46-28-26-44-24-22-42-18-8-10-20-48-40/h1-6,11-16,39-40H,7-10,17-30H2. The van der Waals surface area contributed by atoms with Crippen molar-refractivity contribution in [3.8, 4) is 0 Å². The van der Waals surface area contributed by atoms with Gasteiger partial charge in [-0.2, -0.15) is 0 Å². The molecular weight excluding hydrogens is 616 g/mol. The van der Waals surface area contributed by atoms with Gasteiger partial charge >= 0.3 is 0 Å². The zero-order valence-electron chi connectivity index (χ0n) is 27.8. The van der Waals surface area contributed by atoms with E-state index in [2.05, 4.69) is 82.6 Å². The van der Waals surface area contributed by atoms with E-state index in [4.69, 9.17) is 38.9 Å². The Labute approximate surface area is 283 Å². The van der Waals surface area contributed by atoms with Crippen molar-refractivity contribution in [3.05, 3.63) is 106 Å². The normalized spacial score (nSPS) is 18.9. The number of rotatable bonds is 26. The van der Waals surface area contributed by atoms with Crippen LogP contribution in [0.5, 0.6) is 0 Å². The Balaban J connectivity index is 1.21. The summed E-state index contributed by atoms with van der Waals surface area (Å²) in [6.45, 7) is 6.82. The average molecular weight is 667 g/mol. The second-order valence-electron chi connectivity index (χ2n) is 12.1. The summed E-state index contributed by atoms with van der Waals surface area (Å²) in [5.41, 5.74) is 6.62. The van der Waals surface area contributed by atoms with E-state index in [0.29, 0.717) is 92.5 Å². The molecule has 6 rings (SSSR count). The third-order valence-electron chi connectivity index (χ3n) is 9.21. The van der Waals surface area contributed by atoms with Crippen molar-refractivity contribution in [1.29, 1.82) is 0 Å². The SMILES string of the molecule is OOCCCCOCCOCCOCC12c3ccccc3C(COCCOCCOCCCCOO)(c3ccccc31)c1ccccc12. The Bertz CT molecular complexity index is 1150. The van der Waals surface area contributed by atoms with Crippen LogP contribution in [0.4, 0.5) is 0 Å². The first-order valence-corrected chi connectivity index (χ1v) is 17.1. The zero-order chi connectivity index (χ0) is 33.3. The smallest absolute Gasteiger partial charge is 0.0820 e. The monoisotopic (exact) mass is 666 g/mol. The van der Waals surface area contributed by atoms with Gasteiger partial charge in [-0.25, -0.2) is 9.78 Å². The first kappa shape index (κ1) is 36.5. The number of hydrogen-bond donors (Lipinski definition) is 2. The quantitative estimate of drug-likeness (QED) is 0.0636. The second-order valence-corrected chi connectivity index (χ2v) is 12.1. The largest absolute Gasteiger partial charge is 0.379 e. The topological polar surface area (TPSA) is 114 Å². The summed E-state index contributed by atoms with van der Waals surface area (Å²) in [7, 11) is 0. The molecule has 0 radical (unpaired) electrons. The molecule has 10 nitrogen and oxygen atoms in total. The van der Waals surface area contributed by atoms with Gasteiger partial charge in [0.15, 0.2) is 0 Å². The minimum absolute atomic E-state index is 0.325. The third-order valence-corrected chi connectivity index (χ3v) is 9.21. The summed E-state index contributed by atoms with van der Waals surface area (Å²) in [5, 5.41) is 16.8. The first-order valence-electron chi connectivity index (χ1n) is 17.1. The van der Waals surface area contributed by atoms with Crippen LogP contribution in [0.1, 0.15) is 59.1 Å². The van der Waals surface area contributed by atoms with Gasteiger partial charge < -0.3 is 28.4 Å². The molecule has 48 heavy (non-hydrogen) atoms. The van der Waals surface area contributed by atoms with E-state index in [1.165, 1.54) is 33.4 Å². The van der Waals surface area contributed by atoms with Crippen molar-refractivity contribution in [1.82, 2.24) is 0 Å².